The lowest BCUT2D eigenvalue weighted by Gasteiger charge is -2.13. The number of rotatable bonds is 5. The summed E-state index contributed by atoms with van der Waals surface area (Å²) in [5, 5.41) is 19.8. The van der Waals surface area contributed by atoms with E-state index in [0.717, 1.165) is 39.0 Å². The Morgan fingerprint density at radius 2 is 2.06 bits per heavy atom. The Balaban J connectivity index is 1.46. The minimum absolute atomic E-state index is 0.212. The molecule has 2 heterocycles. The molecule has 2 N–H and O–H groups in total. The second-order valence-electron chi connectivity index (χ2n) is 6.86. The van der Waals surface area contributed by atoms with E-state index in [4.69, 9.17) is 17.0 Å². The minimum Gasteiger partial charge on any atom is -0.496 e. The van der Waals surface area contributed by atoms with E-state index >= 15 is 0 Å². The third-order valence-corrected chi connectivity index (χ3v) is 6.51. The quantitative estimate of drug-likeness (QED) is 0.363. The van der Waals surface area contributed by atoms with Crippen molar-refractivity contribution in [3.63, 3.8) is 0 Å². The molecular weight excluding hydrogens is 512 g/mol. The SMILES string of the molecule is CCc1nnc2sc(-c3ccc(NC(=S)NC(=O)c4ccc(OC)c(Br)c4)c(C)c3)nn12. The first-order valence-electron chi connectivity index (χ1n) is 9.67. The number of anilines is 1. The van der Waals surface area contributed by atoms with Crippen LogP contribution in [0.15, 0.2) is 40.9 Å². The number of aromatic nitrogens is 4. The fourth-order valence-electron chi connectivity index (χ4n) is 3.07. The van der Waals surface area contributed by atoms with Crippen LogP contribution in [0.5, 0.6) is 5.75 Å². The van der Waals surface area contributed by atoms with Crippen molar-refractivity contribution >= 4 is 61.2 Å². The standard InChI is InChI=1S/C21H19BrN6O2S2/c1-4-17-25-26-21-28(17)27-19(32-21)13-5-7-15(11(2)9-13)23-20(31)24-18(29)12-6-8-16(30-3)14(22)10-12/h5-10H,4H2,1-3H3,(H2,23,24,29,31). The molecule has 1 amide bonds. The summed E-state index contributed by atoms with van der Waals surface area (Å²) in [6, 6.07) is 11.0. The van der Waals surface area contributed by atoms with Crippen LogP contribution in [0.25, 0.3) is 15.5 Å². The summed E-state index contributed by atoms with van der Waals surface area (Å²) in [5.41, 5.74) is 3.20. The molecular formula is C21H19BrN6O2S2. The third-order valence-electron chi connectivity index (χ3n) is 4.73. The Morgan fingerprint density at radius 1 is 1.25 bits per heavy atom. The number of amides is 1. The topological polar surface area (TPSA) is 93.4 Å². The number of carbonyl (C=O) groups excluding carboxylic acids is 1. The molecule has 0 radical (unpaired) electrons. The van der Waals surface area contributed by atoms with Crippen molar-refractivity contribution in [1.82, 2.24) is 25.1 Å². The first kappa shape index (κ1) is 22.3. The van der Waals surface area contributed by atoms with Crippen LogP contribution < -0.4 is 15.4 Å². The molecule has 2 aromatic heterocycles. The highest BCUT2D eigenvalue weighted by Crippen LogP contribution is 2.29. The van der Waals surface area contributed by atoms with Gasteiger partial charge in [-0.2, -0.15) is 9.61 Å². The summed E-state index contributed by atoms with van der Waals surface area (Å²) in [6.07, 6.45) is 0.767. The molecule has 164 valence electrons. The number of ether oxygens (including phenoxy) is 1. The Bertz CT molecular complexity index is 1330. The van der Waals surface area contributed by atoms with Gasteiger partial charge in [0.05, 0.1) is 11.6 Å². The molecule has 0 unspecified atom stereocenters. The number of carbonyl (C=O) groups is 1. The molecule has 0 aliphatic rings. The van der Waals surface area contributed by atoms with Crippen molar-refractivity contribution in [1.29, 1.82) is 0 Å². The largest absolute Gasteiger partial charge is 0.496 e. The van der Waals surface area contributed by atoms with E-state index < -0.39 is 0 Å². The molecule has 8 nitrogen and oxygen atoms in total. The van der Waals surface area contributed by atoms with Gasteiger partial charge in [0, 0.05) is 23.2 Å². The van der Waals surface area contributed by atoms with Crippen molar-refractivity contribution in [3.8, 4) is 16.3 Å². The van der Waals surface area contributed by atoms with Crippen LogP contribution in [0.4, 0.5) is 5.69 Å². The van der Waals surface area contributed by atoms with Crippen molar-refractivity contribution in [3.05, 3.63) is 57.8 Å². The van der Waals surface area contributed by atoms with Gasteiger partial charge < -0.3 is 10.1 Å². The van der Waals surface area contributed by atoms with E-state index in [1.54, 1.807) is 29.8 Å². The zero-order chi connectivity index (χ0) is 22.8. The van der Waals surface area contributed by atoms with E-state index in [0.29, 0.717) is 15.8 Å². The average Bonchev–Trinajstić information content (AvgIpc) is 3.35. The fraction of sp³-hybridized carbons (Fsp3) is 0.190. The highest BCUT2D eigenvalue weighted by atomic mass is 79.9. The first-order valence-corrected chi connectivity index (χ1v) is 11.7. The Kier molecular flexibility index (Phi) is 6.49. The van der Waals surface area contributed by atoms with E-state index in [1.807, 2.05) is 32.0 Å². The molecule has 2 aromatic carbocycles. The van der Waals surface area contributed by atoms with Crippen molar-refractivity contribution in [2.45, 2.75) is 20.3 Å². The van der Waals surface area contributed by atoms with Crippen molar-refractivity contribution in [2.75, 3.05) is 12.4 Å². The van der Waals surface area contributed by atoms with Crippen LogP contribution in [0.2, 0.25) is 0 Å². The third kappa shape index (κ3) is 4.50. The maximum Gasteiger partial charge on any atom is 0.257 e. The van der Waals surface area contributed by atoms with Crippen LogP contribution >= 0.6 is 39.5 Å². The molecule has 4 aromatic rings. The summed E-state index contributed by atoms with van der Waals surface area (Å²) in [6.45, 7) is 3.99. The van der Waals surface area contributed by atoms with Gasteiger partial charge in [0.25, 0.3) is 5.91 Å². The molecule has 32 heavy (non-hydrogen) atoms. The average molecular weight is 531 g/mol. The van der Waals surface area contributed by atoms with Gasteiger partial charge in [-0.05, 0) is 77.0 Å². The number of hydrogen-bond donors (Lipinski definition) is 2. The molecule has 11 heteroatoms. The Morgan fingerprint density at radius 3 is 2.75 bits per heavy atom. The van der Waals surface area contributed by atoms with E-state index in [2.05, 4.69) is 41.9 Å². The highest BCUT2D eigenvalue weighted by molar-refractivity contribution is 9.10. The van der Waals surface area contributed by atoms with Gasteiger partial charge in [0.1, 0.15) is 10.8 Å². The van der Waals surface area contributed by atoms with E-state index in [1.165, 1.54) is 11.3 Å². The van der Waals surface area contributed by atoms with Gasteiger partial charge in [-0.15, -0.1) is 10.2 Å². The molecule has 0 atom stereocenters. The predicted molar refractivity (Wildman–Crippen MR) is 133 cm³/mol. The molecule has 0 aliphatic heterocycles. The number of nitrogens with one attached hydrogen (secondary N) is 2. The molecule has 0 spiro atoms. The number of thiocarbonyl (C=S) groups is 1. The van der Waals surface area contributed by atoms with Crippen LogP contribution in [0, 0.1) is 6.92 Å². The highest BCUT2D eigenvalue weighted by Gasteiger charge is 2.14. The second-order valence-corrected chi connectivity index (χ2v) is 9.08. The number of methoxy groups -OCH3 is 1. The molecule has 0 saturated heterocycles. The number of halogens is 1. The second kappa shape index (κ2) is 9.31. The van der Waals surface area contributed by atoms with Crippen LogP contribution in [-0.4, -0.2) is 37.9 Å². The summed E-state index contributed by atoms with van der Waals surface area (Å²) >= 11 is 10.2. The van der Waals surface area contributed by atoms with Crippen LogP contribution in [0.3, 0.4) is 0 Å². The van der Waals surface area contributed by atoms with Gasteiger partial charge >= 0.3 is 0 Å². The number of benzene rings is 2. The minimum atomic E-state index is -0.313. The zero-order valence-corrected chi connectivity index (χ0v) is 20.7. The molecule has 4 rings (SSSR count). The number of fused-ring (bicyclic) bond motifs is 1. The lowest BCUT2D eigenvalue weighted by atomic mass is 10.1. The lowest BCUT2D eigenvalue weighted by Crippen LogP contribution is -2.34. The number of hydrogen-bond acceptors (Lipinski definition) is 7. The normalized spacial score (nSPS) is 10.9. The summed E-state index contributed by atoms with van der Waals surface area (Å²) in [7, 11) is 1.57. The molecule has 0 saturated carbocycles. The number of aryl methyl sites for hydroxylation is 2. The Hall–Kier alpha value is -2.89. The summed E-state index contributed by atoms with van der Waals surface area (Å²) in [4.78, 5) is 13.3. The van der Waals surface area contributed by atoms with Crippen LogP contribution in [-0.2, 0) is 6.42 Å². The monoisotopic (exact) mass is 530 g/mol. The Labute approximate surface area is 202 Å². The van der Waals surface area contributed by atoms with Crippen LogP contribution in [0.1, 0.15) is 28.7 Å². The summed E-state index contributed by atoms with van der Waals surface area (Å²) < 4.78 is 7.66. The predicted octanol–water partition coefficient (Wildman–Crippen LogP) is 4.62. The van der Waals surface area contributed by atoms with Gasteiger partial charge in [0.2, 0.25) is 4.96 Å². The van der Waals surface area contributed by atoms with E-state index in [-0.39, 0.29) is 11.0 Å². The van der Waals surface area contributed by atoms with Gasteiger partial charge in [0.15, 0.2) is 10.9 Å². The molecule has 0 bridgehead atoms. The summed E-state index contributed by atoms with van der Waals surface area (Å²) in [5.74, 6) is 1.17. The number of nitrogens with zero attached hydrogens (tertiary/aromatic N) is 4. The lowest BCUT2D eigenvalue weighted by molar-refractivity contribution is 0.0977. The van der Waals surface area contributed by atoms with Gasteiger partial charge in [-0.25, -0.2) is 0 Å². The van der Waals surface area contributed by atoms with E-state index in [9.17, 15) is 4.79 Å². The molecule has 0 aliphatic carbocycles. The van der Waals surface area contributed by atoms with Gasteiger partial charge in [-0.1, -0.05) is 18.3 Å². The maximum absolute atomic E-state index is 12.5. The smallest absolute Gasteiger partial charge is 0.257 e. The first-order chi connectivity index (χ1) is 15.4. The zero-order valence-electron chi connectivity index (χ0n) is 17.5. The van der Waals surface area contributed by atoms with Crippen molar-refractivity contribution < 1.29 is 9.53 Å². The van der Waals surface area contributed by atoms with Gasteiger partial charge in [-0.3, -0.25) is 10.1 Å². The molecule has 0 fully saturated rings. The fourth-order valence-corrected chi connectivity index (χ4v) is 4.67. The van der Waals surface area contributed by atoms with Crippen molar-refractivity contribution in [2.24, 2.45) is 0 Å². The maximum atomic E-state index is 12.5.